The predicted octanol–water partition coefficient (Wildman–Crippen LogP) is 3.38. The van der Waals surface area contributed by atoms with Gasteiger partial charge in [0.1, 0.15) is 11.8 Å². The Morgan fingerprint density at radius 1 is 1.50 bits per heavy atom. The normalized spacial score (nSPS) is 10.2. The molecule has 0 fully saturated rings. The minimum Gasteiger partial charge on any atom is -0.497 e. The van der Waals surface area contributed by atoms with Crippen LogP contribution in [0.3, 0.4) is 0 Å². The van der Waals surface area contributed by atoms with Crippen LogP contribution in [0.2, 0.25) is 5.02 Å². The second-order valence-electron chi connectivity index (χ2n) is 3.61. The Kier molecular flexibility index (Phi) is 3.60. The molecule has 0 atom stereocenters. The predicted molar refractivity (Wildman–Crippen MR) is 72.6 cm³/mol. The van der Waals surface area contributed by atoms with Crippen LogP contribution in [-0.2, 0) is 7.05 Å². The Balaban J connectivity index is 2.78. The number of methoxy groups -OCH3 is 1. The highest BCUT2D eigenvalue weighted by Crippen LogP contribution is 2.36. The Hall–Kier alpha value is -1.51. The lowest BCUT2D eigenvalue weighted by Gasteiger charge is -2.10. The molecule has 0 saturated carbocycles. The van der Waals surface area contributed by atoms with Crippen molar-refractivity contribution in [1.82, 2.24) is 9.78 Å². The summed E-state index contributed by atoms with van der Waals surface area (Å²) in [7, 11) is 3.36. The van der Waals surface area contributed by atoms with Crippen molar-refractivity contribution in [2.75, 3.05) is 7.11 Å². The second kappa shape index (κ2) is 5.01. The molecule has 0 unspecified atom stereocenters. The van der Waals surface area contributed by atoms with Gasteiger partial charge in [-0.3, -0.25) is 4.68 Å². The summed E-state index contributed by atoms with van der Waals surface area (Å²) < 4.78 is 7.65. The first kappa shape index (κ1) is 12.9. The molecule has 0 saturated heterocycles. The molecule has 0 amide bonds. The molecule has 0 radical (unpaired) electrons. The largest absolute Gasteiger partial charge is 0.497 e. The molecule has 0 aliphatic carbocycles. The van der Waals surface area contributed by atoms with Crippen molar-refractivity contribution < 1.29 is 4.74 Å². The number of ether oxygens (including phenoxy) is 1. The van der Waals surface area contributed by atoms with Gasteiger partial charge in [-0.1, -0.05) is 11.6 Å². The molecular weight excluding hydrogens is 318 g/mol. The lowest BCUT2D eigenvalue weighted by atomic mass is 10.0. The van der Waals surface area contributed by atoms with Crippen LogP contribution in [0.15, 0.2) is 22.8 Å². The van der Waals surface area contributed by atoms with Gasteiger partial charge in [0, 0.05) is 18.7 Å². The van der Waals surface area contributed by atoms with E-state index in [-0.39, 0.29) is 0 Å². The maximum atomic E-state index is 9.22. The molecule has 1 heterocycles. The van der Waals surface area contributed by atoms with Gasteiger partial charge in [0.2, 0.25) is 0 Å². The zero-order valence-electron chi connectivity index (χ0n) is 9.74. The van der Waals surface area contributed by atoms with Gasteiger partial charge in [-0.2, -0.15) is 10.4 Å². The van der Waals surface area contributed by atoms with Crippen LogP contribution >= 0.6 is 27.5 Å². The van der Waals surface area contributed by atoms with Crippen molar-refractivity contribution in [2.45, 2.75) is 0 Å². The van der Waals surface area contributed by atoms with E-state index in [1.807, 2.05) is 0 Å². The van der Waals surface area contributed by atoms with E-state index in [9.17, 15) is 5.26 Å². The first-order chi connectivity index (χ1) is 8.58. The number of hydrogen-bond acceptors (Lipinski definition) is 3. The number of aromatic nitrogens is 2. The maximum Gasteiger partial charge on any atom is 0.121 e. The third kappa shape index (κ3) is 2.09. The van der Waals surface area contributed by atoms with Crippen molar-refractivity contribution >= 4 is 27.5 Å². The van der Waals surface area contributed by atoms with E-state index in [2.05, 4.69) is 27.1 Å². The summed E-state index contributed by atoms with van der Waals surface area (Å²) in [5, 5.41) is 13.7. The Bertz CT molecular complexity index is 626. The van der Waals surface area contributed by atoms with E-state index < -0.39 is 0 Å². The molecule has 4 nitrogen and oxygen atoms in total. The molecule has 2 rings (SSSR count). The lowest BCUT2D eigenvalue weighted by molar-refractivity contribution is 0.415. The number of halogens is 2. The summed E-state index contributed by atoms with van der Waals surface area (Å²) in [4.78, 5) is 0. The molecule has 0 bridgehead atoms. The van der Waals surface area contributed by atoms with Crippen molar-refractivity contribution in [3.63, 3.8) is 0 Å². The van der Waals surface area contributed by atoms with E-state index >= 15 is 0 Å². The van der Waals surface area contributed by atoms with Gasteiger partial charge in [-0.15, -0.1) is 0 Å². The molecule has 6 heteroatoms. The molecule has 1 aromatic heterocycles. The third-order valence-corrected chi connectivity index (χ3v) is 3.44. The summed E-state index contributed by atoms with van der Waals surface area (Å²) in [6.07, 6.45) is 1.67. The van der Waals surface area contributed by atoms with E-state index in [1.54, 1.807) is 37.2 Å². The van der Waals surface area contributed by atoms with E-state index in [1.165, 1.54) is 0 Å². The molecule has 1 aromatic carbocycles. The van der Waals surface area contributed by atoms with Crippen LogP contribution < -0.4 is 4.74 Å². The smallest absolute Gasteiger partial charge is 0.121 e. The second-order valence-corrected chi connectivity index (χ2v) is 4.87. The number of benzene rings is 1. The van der Waals surface area contributed by atoms with Gasteiger partial charge in [0.25, 0.3) is 0 Å². The minimum absolute atomic E-state index is 0.361. The number of hydrogen-bond donors (Lipinski definition) is 0. The van der Waals surface area contributed by atoms with Crippen LogP contribution in [-0.4, -0.2) is 16.9 Å². The number of nitriles is 1. The highest BCUT2D eigenvalue weighted by molar-refractivity contribution is 9.10. The van der Waals surface area contributed by atoms with E-state index in [4.69, 9.17) is 16.3 Å². The standard InChI is InChI=1S/C12H9BrClN3O/c1-17-12(10(13)6-16-17)8-3-7(18-2)4-11(14)9(8)5-15/h3-4,6H,1-2H3. The van der Waals surface area contributed by atoms with Crippen molar-refractivity contribution in [2.24, 2.45) is 7.05 Å². The number of aryl methyl sites for hydroxylation is 1. The molecule has 2 aromatic rings. The fourth-order valence-electron chi connectivity index (χ4n) is 1.71. The SMILES string of the molecule is COc1cc(Cl)c(C#N)c(-c2c(Br)cnn2C)c1. The van der Waals surface area contributed by atoms with Crippen LogP contribution in [0, 0.1) is 11.3 Å². The molecule has 92 valence electrons. The van der Waals surface area contributed by atoms with Gasteiger partial charge in [-0.25, -0.2) is 0 Å². The van der Waals surface area contributed by atoms with Crippen LogP contribution in [0.5, 0.6) is 5.75 Å². The lowest BCUT2D eigenvalue weighted by Crippen LogP contribution is -1.97. The first-order valence-corrected chi connectivity index (χ1v) is 6.21. The van der Waals surface area contributed by atoms with Crippen LogP contribution in [0.4, 0.5) is 0 Å². The summed E-state index contributed by atoms with van der Waals surface area (Å²) in [5.74, 6) is 0.599. The number of rotatable bonds is 2. The Morgan fingerprint density at radius 3 is 2.72 bits per heavy atom. The molecule has 0 aliphatic rings. The number of nitrogens with zero attached hydrogens (tertiary/aromatic N) is 3. The highest BCUT2D eigenvalue weighted by Gasteiger charge is 2.17. The van der Waals surface area contributed by atoms with Gasteiger partial charge in [0.05, 0.1) is 34.1 Å². The molecular formula is C12H9BrClN3O. The topological polar surface area (TPSA) is 50.8 Å². The average molecular weight is 327 g/mol. The summed E-state index contributed by atoms with van der Waals surface area (Å²) in [5.41, 5.74) is 1.88. The van der Waals surface area contributed by atoms with Crippen LogP contribution in [0.25, 0.3) is 11.3 Å². The zero-order chi connectivity index (χ0) is 13.3. The summed E-state index contributed by atoms with van der Waals surface area (Å²) >= 11 is 9.50. The molecule has 18 heavy (non-hydrogen) atoms. The summed E-state index contributed by atoms with van der Waals surface area (Å²) in [6, 6.07) is 5.50. The van der Waals surface area contributed by atoms with Crippen molar-refractivity contribution in [1.29, 1.82) is 5.26 Å². The highest BCUT2D eigenvalue weighted by atomic mass is 79.9. The molecule has 0 spiro atoms. The van der Waals surface area contributed by atoms with Crippen molar-refractivity contribution in [3.05, 3.63) is 33.4 Å². The summed E-state index contributed by atoms with van der Waals surface area (Å²) in [6.45, 7) is 0. The minimum atomic E-state index is 0.361. The fourth-order valence-corrected chi connectivity index (χ4v) is 2.53. The average Bonchev–Trinajstić information content (AvgIpc) is 2.68. The van der Waals surface area contributed by atoms with Gasteiger partial charge in [-0.05, 0) is 22.0 Å². The molecule has 0 N–H and O–H groups in total. The first-order valence-electron chi connectivity index (χ1n) is 5.04. The monoisotopic (exact) mass is 325 g/mol. The van der Waals surface area contributed by atoms with Gasteiger partial charge < -0.3 is 4.74 Å². The van der Waals surface area contributed by atoms with Crippen LogP contribution in [0.1, 0.15) is 5.56 Å². The molecule has 0 aliphatic heterocycles. The van der Waals surface area contributed by atoms with Crippen molar-refractivity contribution in [3.8, 4) is 23.1 Å². The Morgan fingerprint density at radius 2 is 2.22 bits per heavy atom. The fraction of sp³-hybridized carbons (Fsp3) is 0.167. The van der Waals surface area contributed by atoms with E-state index in [0.29, 0.717) is 21.9 Å². The van der Waals surface area contributed by atoms with Gasteiger partial charge in [0.15, 0.2) is 0 Å². The maximum absolute atomic E-state index is 9.22. The zero-order valence-corrected chi connectivity index (χ0v) is 12.1. The van der Waals surface area contributed by atoms with E-state index in [0.717, 1.165) is 10.2 Å². The van der Waals surface area contributed by atoms with Gasteiger partial charge >= 0.3 is 0 Å². The third-order valence-electron chi connectivity index (χ3n) is 2.56. The Labute approximate surface area is 118 Å². The quantitative estimate of drug-likeness (QED) is 0.850.